The summed E-state index contributed by atoms with van der Waals surface area (Å²) in [4.78, 5) is 4.10. The Morgan fingerprint density at radius 1 is 1.46 bits per heavy atom. The minimum Gasteiger partial charge on any atom is -0.335 e. The van der Waals surface area contributed by atoms with Gasteiger partial charge in [-0.15, -0.1) is 0 Å². The Labute approximate surface area is 83.5 Å². The summed E-state index contributed by atoms with van der Waals surface area (Å²) in [6.07, 6.45) is 2.01. The summed E-state index contributed by atoms with van der Waals surface area (Å²) in [5.74, 6) is 0. The maximum absolute atomic E-state index is 4.10. The number of amidine groups is 1. The van der Waals surface area contributed by atoms with Gasteiger partial charge < -0.3 is 5.32 Å². The highest BCUT2D eigenvalue weighted by Gasteiger charge is 1.96. The zero-order valence-electron chi connectivity index (χ0n) is 8.16. The van der Waals surface area contributed by atoms with Crippen molar-refractivity contribution in [2.24, 2.45) is 4.99 Å². The molecule has 0 unspecified atom stereocenters. The number of aryl methyl sites for hydroxylation is 1. The lowest BCUT2D eigenvalue weighted by Crippen LogP contribution is -2.06. The number of aliphatic imine (C=N–C) groups is 1. The van der Waals surface area contributed by atoms with Crippen molar-refractivity contribution in [3.63, 3.8) is 0 Å². The summed E-state index contributed by atoms with van der Waals surface area (Å²) in [6, 6.07) is 8.24. The number of hydrogen-bond donors (Lipinski definition) is 1. The molecule has 0 aromatic heterocycles. The lowest BCUT2D eigenvalue weighted by Gasteiger charge is -2.06. The van der Waals surface area contributed by atoms with E-state index in [0.717, 1.165) is 10.9 Å². The van der Waals surface area contributed by atoms with Gasteiger partial charge in [-0.3, -0.25) is 4.99 Å². The van der Waals surface area contributed by atoms with E-state index >= 15 is 0 Å². The van der Waals surface area contributed by atoms with Crippen molar-refractivity contribution >= 4 is 22.6 Å². The maximum Gasteiger partial charge on any atom is 0.160 e. The zero-order valence-corrected chi connectivity index (χ0v) is 8.98. The van der Waals surface area contributed by atoms with Crippen molar-refractivity contribution in [3.8, 4) is 0 Å². The fourth-order valence-electron chi connectivity index (χ4n) is 1.04. The first kappa shape index (κ1) is 10.1. The van der Waals surface area contributed by atoms with E-state index in [9.17, 15) is 0 Å². The topological polar surface area (TPSA) is 24.4 Å². The third-order valence-electron chi connectivity index (χ3n) is 1.67. The molecule has 0 aliphatic rings. The highest BCUT2D eigenvalue weighted by Crippen LogP contribution is 2.11. The molecule has 1 aromatic rings. The molecule has 1 aromatic carbocycles. The average Bonchev–Trinajstić information content (AvgIpc) is 2.14. The van der Waals surface area contributed by atoms with E-state index in [2.05, 4.69) is 29.4 Å². The van der Waals surface area contributed by atoms with Crippen LogP contribution in [-0.2, 0) is 0 Å². The second-order valence-corrected chi connectivity index (χ2v) is 3.52. The third kappa shape index (κ3) is 3.11. The normalized spacial score (nSPS) is 11.5. The minimum atomic E-state index is 0.936. The van der Waals surface area contributed by atoms with Crippen LogP contribution in [0, 0.1) is 6.92 Å². The molecular formula is C10H14N2S. The van der Waals surface area contributed by atoms with Gasteiger partial charge >= 0.3 is 0 Å². The molecule has 0 fully saturated rings. The summed E-state index contributed by atoms with van der Waals surface area (Å²) in [6.45, 7) is 2.08. The van der Waals surface area contributed by atoms with E-state index in [1.165, 1.54) is 5.56 Å². The second-order valence-electron chi connectivity index (χ2n) is 2.73. The van der Waals surface area contributed by atoms with Gasteiger partial charge in [0.15, 0.2) is 5.17 Å². The van der Waals surface area contributed by atoms with Gasteiger partial charge in [0, 0.05) is 12.7 Å². The van der Waals surface area contributed by atoms with Crippen molar-refractivity contribution in [1.29, 1.82) is 0 Å². The van der Waals surface area contributed by atoms with E-state index in [4.69, 9.17) is 0 Å². The molecule has 0 bridgehead atoms. The van der Waals surface area contributed by atoms with Crippen molar-refractivity contribution in [2.75, 3.05) is 18.6 Å². The first-order valence-electron chi connectivity index (χ1n) is 4.10. The van der Waals surface area contributed by atoms with Gasteiger partial charge in [0.2, 0.25) is 0 Å². The standard InChI is InChI=1S/C10H14N2S/c1-8-5-4-6-9(7-8)12-10(11-2)13-3/h4-7H,1-3H3,(H,11,12). The molecule has 0 aliphatic heterocycles. The Balaban J connectivity index is 2.74. The molecule has 0 saturated heterocycles. The molecule has 0 radical (unpaired) electrons. The van der Waals surface area contributed by atoms with Gasteiger partial charge in [0.25, 0.3) is 0 Å². The summed E-state index contributed by atoms with van der Waals surface area (Å²) in [5, 5.41) is 4.17. The second kappa shape index (κ2) is 4.92. The number of nitrogens with zero attached hydrogens (tertiary/aromatic N) is 1. The minimum absolute atomic E-state index is 0.936. The monoisotopic (exact) mass is 194 g/mol. The van der Waals surface area contributed by atoms with Gasteiger partial charge in [0.05, 0.1) is 0 Å². The quantitative estimate of drug-likeness (QED) is 0.549. The molecule has 13 heavy (non-hydrogen) atoms. The van der Waals surface area contributed by atoms with E-state index < -0.39 is 0 Å². The molecule has 0 atom stereocenters. The van der Waals surface area contributed by atoms with Crippen molar-refractivity contribution < 1.29 is 0 Å². The zero-order chi connectivity index (χ0) is 9.68. The van der Waals surface area contributed by atoms with E-state index in [0.29, 0.717) is 0 Å². The molecular weight excluding hydrogens is 180 g/mol. The van der Waals surface area contributed by atoms with Gasteiger partial charge in [0.1, 0.15) is 0 Å². The van der Waals surface area contributed by atoms with Crippen molar-refractivity contribution in [1.82, 2.24) is 0 Å². The molecule has 2 nitrogen and oxygen atoms in total. The number of rotatable bonds is 1. The Morgan fingerprint density at radius 2 is 2.23 bits per heavy atom. The fraction of sp³-hybridized carbons (Fsp3) is 0.300. The van der Waals surface area contributed by atoms with Crippen LogP contribution in [0.1, 0.15) is 5.56 Å². The van der Waals surface area contributed by atoms with E-state index in [1.807, 2.05) is 18.4 Å². The summed E-state index contributed by atoms with van der Waals surface area (Å²) >= 11 is 1.61. The third-order valence-corrected chi connectivity index (χ3v) is 2.34. The van der Waals surface area contributed by atoms with Crippen LogP contribution in [-0.4, -0.2) is 18.5 Å². The number of anilines is 1. The molecule has 1 N–H and O–H groups in total. The Hall–Kier alpha value is -0.960. The fourth-order valence-corrected chi connectivity index (χ4v) is 1.45. The number of nitrogens with one attached hydrogen (secondary N) is 1. The van der Waals surface area contributed by atoms with Crippen LogP contribution in [0.25, 0.3) is 0 Å². The Morgan fingerprint density at radius 3 is 2.77 bits per heavy atom. The average molecular weight is 194 g/mol. The Kier molecular flexibility index (Phi) is 3.83. The van der Waals surface area contributed by atoms with Gasteiger partial charge in [-0.2, -0.15) is 0 Å². The van der Waals surface area contributed by atoms with Crippen molar-refractivity contribution in [2.45, 2.75) is 6.92 Å². The Bertz CT molecular complexity index is 308. The predicted molar refractivity (Wildman–Crippen MR) is 61.7 cm³/mol. The number of hydrogen-bond acceptors (Lipinski definition) is 2. The van der Waals surface area contributed by atoms with Crippen LogP contribution < -0.4 is 5.32 Å². The van der Waals surface area contributed by atoms with Gasteiger partial charge in [-0.1, -0.05) is 23.9 Å². The smallest absolute Gasteiger partial charge is 0.160 e. The largest absolute Gasteiger partial charge is 0.335 e. The summed E-state index contributed by atoms with van der Waals surface area (Å²) < 4.78 is 0. The van der Waals surface area contributed by atoms with Crippen LogP contribution >= 0.6 is 11.8 Å². The van der Waals surface area contributed by atoms with E-state index in [1.54, 1.807) is 18.8 Å². The first-order valence-corrected chi connectivity index (χ1v) is 5.33. The van der Waals surface area contributed by atoms with Crippen LogP contribution in [0.3, 0.4) is 0 Å². The lowest BCUT2D eigenvalue weighted by molar-refractivity contribution is 1.43. The van der Waals surface area contributed by atoms with Gasteiger partial charge in [-0.05, 0) is 30.9 Å². The highest BCUT2D eigenvalue weighted by molar-refractivity contribution is 8.13. The molecule has 0 aliphatic carbocycles. The SMILES string of the molecule is CN=C(Nc1cccc(C)c1)SC. The molecule has 1 rings (SSSR count). The molecule has 0 amide bonds. The first-order chi connectivity index (χ1) is 6.26. The molecule has 0 spiro atoms. The number of thioether (sulfide) groups is 1. The lowest BCUT2D eigenvalue weighted by atomic mass is 10.2. The highest BCUT2D eigenvalue weighted by atomic mass is 32.2. The van der Waals surface area contributed by atoms with Gasteiger partial charge in [-0.25, -0.2) is 0 Å². The number of benzene rings is 1. The predicted octanol–water partition coefficient (Wildman–Crippen LogP) is 2.76. The van der Waals surface area contributed by atoms with E-state index in [-0.39, 0.29) is 0 Å². The van der Waals surface area contributed by atoms with Crippen LogP contribution in [0.4, 0.5) is 5.69 Å². The van der Waals surface area contributed by atoms with Crippen LogP contribution in [0.15, 0.2) is 29.3 Å². The molecule has 3 heteroatoms. The van der Waals surface area contributed by atoms with Crippen LogP contribution in [0.5, 0.6) is 0 Å². The van der Waals surface area contributed by atoms with Crippen molar-refractivity contribution in [3.05, 3.63) is 29.8 Å². The van der Waals surface area contributed by atoms with Crippen LogP contribution in [0.2, 0.25) is 0 Å². The summed E-state index contributed by atoms with van der Waals surface area (Å²) in [5.41, 5.74) is 2.34. The summed E-state index contributed by atoms with van der Waals surface area (Å²) in [7, 11) is 1.79. The molecule has 0 saturated carbocycles. The molecule has 0 heterocycles. The maximum atomic E-state index is 4.10. The molecule has 70 valence electrons.